The average molecular weight is 359 g/mol. The van der Waals surface area contributed by atoms with Crippen molar-refractivity contribution in [2.45, 2.75) is 38.1 Å². The zero-order valence-corrected chi connectivity index (χ0v) is 14.9. The Morgan fingerprint density at radius 1 is 1.22 bits per heavy atom. The fraction of sp³-hybridized carbons (Fsp3) is 0.562. The van der Waals surface area contributed by atoms with Gasteiger partial charge in [-0.25, -0.2) is 8.42 Å². The van der Waals surface area contributed by atoms with Crippen molar-refractivity contribution in [3.8, 4) is 0 Å². The van der Waals surface area contributed by atoms with Crippen molar-refractivity contribution in [1.29, 1.82) is 0 Å². The van der Waals surface area contributed by atoms with Gasteiger partial charge in [0.15, 0.2) is 0 Å². The van der Waals surface area contributed by atoms with Gasteiger partial charge in [-0.1, -0.05) is 30.9 Å². The van der Waals surface area contributed by atoms with Gasteiger partial charge in [0, 0.05) is 29.7 Å². The highest BCUT2D eigenvalue weighted by Crippen LogP contribution is 2.24. The van der Waals surface area contributed by atoms with Gasteiger partial charge in [0.05, 0.1) is 6.26 Å². The Morgan fingerprint density at radius 2 is 1.83 bits per heavy atom. The maximum absolute atomic E-state index is 12.0. The number of carbonyl (C=O) groups excluding carboxylic acids is 1. The Labute approximate surface area is 143 Å². The lowest BCUT2D eigenvalue weighted by atomic mass is 9.95. The van der Waals surface area contributed by atoms with Gasteiger partial charge in [-0.3, -0.25) is 4.79 Å². The normalized spacial score (nSPS) is 16.5. The Morgan fingerprint density at radius 3 is 2.39 bits per heavy atom. The van der Waals surface area contributed by atoms with Crippen molar-refractivity contribution in [3.63, 3.8) is 0 Å². The number of nitrogens with one attached hydrogen (secondary N) is 1. The molecule has 0 unspecified atom stereocenters. The zero-order valence-electron chi connectivity index (χ0n) is 13.3. The zero-order chi connectivity index (χ0) is 16.9. The first kappa shape index (κ1) is 18.2. The first-order valence-electron chi connectivity index (χ1n) is 7.88. The third-order valence-corrected chi connectivity index (χ3v) is 5.72. The van der Waals surface area contributed by atoms with Gasteiger partial charge < -0.3 is 5.32 Å². The average Bonchev–Trinajstić information content (AvgIpc) is 2.51. The molecule has 0 spiro atoms. The van der Waals surface area contributed by atoms with Gasteiger partial charge in [-0.05, 0) is 37.1 Å². The van der Waals surface area contributed by atoms with E-state index < -0.39 is 10.0 Å². The van der Waals surface area contributed by atoms with E-state index in [1.807, 2.05) is 0 Å². The van der Waals surface area contributed by atoms with Crippen LogP contribution in [0.5, 0.6) is 0 Å². The summed E-state index contributed by atoms with van der Waals surface area (Å²) >= 11 is 5.79. The molecule has 0 aromatic heterocycles. The van der Waals surface area contributed by atoms with Crippen LogP contribution in [0.4, 0.5) is 0 Å². The van der Waals surface area contributed by atoms with Crippen LogP contribution in [0.1, 0.15) is 42.5 Å². The van der Waals surface area contributed by atoms with Crippen LogP contribution in [0.3, 0.4) is 0 Å². The van der Waals surface area contributed by atoms with E-state index in [1.54, 1.807) is 24.3 Å². The van der Waals surface area contributed by atoms with Crippen molar-refractivity contribution < 1.29 is 13.2 Å². The van der Waals surface area contributed by atoms with Crippen molar-refractivity contribution >= 4 is 27.5 Å². The van der Waals surface area contributed by atoms with Crippen LogP contribution < -0.4 is 5.32 Å². The minimum absolute atomic E-state index is 0.0613. The number of rotatable bonds is 6. The minimum Gasteiger partial charge on any atom is -0.351 e. The van der Waals surface area contributed by atoms with Crippen LogP contribution in [-0.4, -0.2) is 44.0 Å². The lowest BCUT2D eigenvalue weighted by Gasteiger charge is -2.32. The summed E-state index contributed by atoms with van der Waals surface area (Å²) in [6.07, 6.45) is 6.34. The van der Waals surface area contributed by atoms with Crippen molar-refractivity contribution in [2.75, 3.05) is 19.3 Å². The number of halogens is 1. The van der Waals surface area contributed by atoms with Crippen molar-refractivity contribution in [3.05, 3.63) is 34.9 Å². The van der Waals surface area contributed by atoms with E-state index in [1.165, 1.54) is 17.0 Å². The smallest absolute Gasteiger partial charge is 0.251 e. The highest BCUT2D eigenvalue weighted by atomic mass is 35.5. The molecule has 23 heavy (non-hydrogen) atoms. The Hall–Kier alpha value is -1.11. The third-order valence-electron chi connectivity index (χ3n) is 4.13. The molecule has 0 bridgehead atoms. The van der Waals surface area contributed by atoms with E-state index in [2.05, 4.69) is 5.32 Å². The highest BCUT2D eigenvalue weighted by molar-refractivity contribution is 7.88. The van der Waals surface area contributed by atoms with E-state index in [0.29, 0.717) is 23.7 Å². The van der Waals surface area contributed by atoms with Crippen LogP contribution in [0.15, 0.2) is 24.3 Å². The quantitative estimate of drug-likeness (QED) is 0.850. The molecule has 1 fully saturated rings. The lowest BCUT2D eigenvalue weighted by molar-refractivity contribution is 0.0949. The molecule has 0 atom stereocenters. The molecule has 1 aliphatic carbocycles. The second kappa shape index (κ2) is 8.13. The van der Waals surface area contributed by atoms with Crippen molar-refractivity contribution in [1.82, 2.24) is 9.62 Å². The fourth-order valence-electron chi connectivity index (χ4n) is 2.97. The largest absolute Gasteiger partial charge is 0.351 e. The molecule has 0 heterocycles. The molecule has 0 aliphatic heterocycles. The van der Waals surface area contributed by atoms with Gasteiger partial charge >= 0.3 is 0 Å². The molecular formula is C16H23ClN2O3S. The summed E-state index contributed by atoms with van der Waals surface area (Å²) in [6.45, 7) is 0.605. The predicted octanol–water partition coefficient (Wildman–Crippen LogP) is 2.66. The summed E-state index contributed by atoms with van der Waals surface area (Å²) in [7, 11) is -3.27. The number of benzene rings is 1. The molecule has 1 saturated carbocycles. The lowest BCUT2D eigenvalue weighted by Crippen LogP contribution is -2.45. The van der Waals surface area contributed by atoms with Crippen LogP contribution in [0.25, 0.3) is 0 Å². The Balaban J connectivity index is 1.91. The molecule has 7 heteroatoms. The topological polar surface area (TPSA) is 66.5 Å². The maximum atomic E-state index is 12.0. The first-order chi connectivity index (χ1) is 10.9. The predicted molar refractivity (Wildman–Crippen MR) is 92.2 cm³/mol. The monoisotopic (exact) mass is 358 g/mol. The summed E-state index contributed by atoms with van der Waals surface area (Å²) in [5.74, 6) is -0.223. The SMILES string of the molecule is CS(=O)(=O)N(CCNC(=O)c1ccc(Cl)cc1)C1CCCCC1. The van der Waals surface area contributed by atoms with Gasteiger partial charge in [-0.15, -0.1) is 0 Å². The molecular weight excluding hydrogens is 336 g/mol. The number of hydrogen-bond donors (Lipinski definition) is 1. The second-order valence-electron chi connectivity index (χ2n) is 5.93. The van der Waals surface area contributed by atoms with Crippen LogP contribution >= 0.6 is 11.6 Å². The van der Waals surface area contributed by atoms with Crippen LogP contribution in [0.2, 0.25) is 5.02 Å². The number of nitrogens with zero attached hydrogens (tertiary/aromatic N) is 1. The Kier molecular flexibility index (Phi) is 6.44. The molecule has 128 valence electrons. The second-order valence-corrected chi connectivity index (χ2v) is 8.30. The van der Waals surface area contributed by atoms with Crippen LogP contribution in [-0.2, 0) is 10.0 Å². The number of carbonyl (C=O) groups is 1. The van der Waals surface area contributed by atoms with E-state index in [-0.39, 0.29) is 11.9 Å². The van der Waals surface area contributed by atoms with E-state index in [9.17, 15) is 13.2 Å². The molecule has 1 N–H and O–H groups in total. The summed E-state index contributed by atoms with van der Waals surface area (Å²) in [5, 5.41) is 3.34. The van der Waals surface area contributed by atoms with Gasteiger partial charge in [-0.2, -0.15) is 4.31 Å². The van der Waals surface area contributed by atoms with E-state index in [0.717, 1.165) is 25.7 Å². The van der Waals surface area contributed by atoms with E-state index >= 15 is 0 Å². The van der Waals surface area contributed by atoms with Crippen molar-refractivity contribution in [2.24, 2.45) is 0 Å². The molecule has 2 rings (SSSR count). The fourth-order valence-corrected chi connectivity index (χ4v) is 4.27. The van der Waals surface area contributed by atoms with Crippen LogP contribution in [0, 0.1) is 0 Å². The molecule has 1 amide bonds. The molecule has 5 nitrogen and oxygen atoms in total. The Bertz CT molecular complexity index is 625. The molecule has 0 radical (unpaired) electrons. The number of amides is 1. The summed E-state index contributed by atoms with van der Waals surface area (Å²) in [4.78, 5) is 12.0. The molecule has 1 aromatic carbocycles. The van der Waals surface area contributed by atoms with Gasteiger partial charge in [0.2, 0.25) is 10.0 Å². The summed E-state index contributed by atoms with van der Waals surface area (Å²) in [5.41, 5.74) is 0.512. The highest BCUT2D eigenvalue weighted by Gasteiger charge is 2.27. The number of sulfonamides is 1. The molecule has 0 saturated heterocycles. The summed E-state index contributed by atoms with van der Waals surface area (Å²) < 4.78 is 25.6. The van der Waals surface area contributed by atoms with Gasteiger partial charge in [0.25, 0.3) is 5.91 Å². The number of hydrogen-bond acceptors (Lipinski definition) is 3. The standard InChI is InChI=1S/C16H23ClN2O3S/c1-23(21,22)19(15-5-3-2-4-6-15)12-11-18-16(20)13-7-9-14(17)10-8-13/h7-10,15H,2-6,11-12H2,1H3,(H,18,20). The van der Waals surface area contributed by atoms with E-state index in [4.69, 9.17) is 11.6 Å². The molecule has 1 aliphatic rings. The minimum atomic E-state index is -3.27. The molecule has 1 aromatic rings. The third kappa shape index (κ3) is 5.48. The maximum Gasteiger partial charge on any atom is 0.251 e. The van der Waals surface area contributed by atoms with Gasteiger partial charge in [0.1, 0.15) is 0 Å². The first-order valence-corrected chi connectivity index (χ1v) is 10.1. The summed E-state index contributed by atoms with van der Waals surface area (Å²) in [6, 6.07) is 6.66.